The van der Waals surface area contributed by atoms with E-state index >= 15 is 0 Å². The number of aryl methyl sites for hydroxylation is 2. The molecule has 0 spiro atoms. The fraction of sp³-hybridized carbons (Fsp3) is 0.368. The number of hydrogen-bond acceptors (Lipinski definition) is 3. The molecule has 5 heteroatoms. The monoisotopic (exact) mass is 329 g/mol. The SMILES string of the molecule is Cc1ccccc1C(C)CC(=O)N(C)Cc1cc(C(=O)O)c(C)o1. The van der Waals surface area contributed by atoms with Gasteiger partial charge >= 0.3 is 5.97 Å². The third kappa shape index (κ3) is 4.04. The lowest BCUT2D eigenvalue weighted by atomic mass is 9.93. The fourth-order valence-corrected chi connectivity index (χ4v) is 2.82. The molecule has 2 rings (SSSR count). The van der Waals surface area contributed by atoms with E-state index < -0.39 is 5.97 Å². The lowest BCUT2D eigenvalue weighted by Gasteiger charge is -2.20. The maximum absolute atomic E-state index is 12.4. The van der Waals surface area contributed by atoms with Gasteiger partial charge in [-0.05, 0) is 37.0 Å². The summed E-state index contributed by atoms with van der Waals surface area (Å²) in [6.07, 6.45) is 0.396. The van der Waals surface area contributed by atoms with Crippen LogP contribution in [0.1, 0.15) is 52.3 Å². The molecule has 0 saturated heterocycles. The van der Waals surface area contributed by atoms with Gasteiger partial charge in [0.05, 0.1) is 6.54 Å². The molecule has 0 saturated carbocycles. The Labute approximate surface area is 141 Å². The highest BCUT2D eigenvalue weighted by Crippen LogP contribution is 2.23. The minimum absolute atomic E-state index is 0.00307. The number of amides is 1. The van der Waals surface area contributed by atoms with Crippen LogP contribution in [0.15, 0.2) is 34.7 Å². The number of carbonyl (C=O) groups excluding carboxylic acids is 1. The quantitative estimate of drug-likeness (QED) is 0.876. The molecule has 1 aromatic carbocycles. The minimum Gasteiger partial charge on any atom is -0.478 e. The summed E-state index contributed by atoms with van der Waals surface area (Å²) in [6.45, 7) is 5.94. The molecule has 0 aliphatic heterocycles. The van der Waals surface area contributed by atoms with Crippen LogP contribution in [-0.2, 0) is 11.3 Å². The summed E-state index contributed by atoms with van der Waals surface area (Å²) >= 11 is 0. The van der Waals surface area contributed by atoms with Crippen molar-refractivity contribution in [3.8, 4) is 0 Å². The van der Waals surface area contributed by atoms with Crippen LogP contribution >= 0.6 is 0 Å². The number of carboxylic acid groups (broad SMARTS) is 1. The Morgan fingerprint density at radius 1 is 1.25 bits per heavy atom. The minimum atomic E-state index is -1.02. The second-order valence-electron chi connectivity index (χ2n) is 6.20. The van der Waals surface area contributed by atoms with Gasteiger partial charge in [-0.3, -0.25) is 4.79 Å². The molecular weight excluding hydrogens is 306 g/mol. The van der Waals surface area contributed by atoms with Crippen molar-refractivity contribution in [1.29, 1.82) is 0 Å². The van der Waals surface area contributed by atoms with Crippen molar-refractivity contribution >= 4 is 11.9 Å². The molecule has 0 radical (unpaired) electrons. The summed E-state index contributed by atoms with van der Waals surface area (Å²) in [5.74, 6) is -0.0775. The van der Waals surface area contributed by atoms with Crippen LogP contribution in [0.5, 0.6) is 0 Å². The van der Waals surface area contributed by atoms with Crippen LogP contribution in [0.2, 0.25) is 0 Å². The normalized spacial score (nSPS) is 12.0. The third-order valence-corrected chi connectivity index (χ3v) is 4.22. The Balaban J connectivity index is 2.01. The number of hydrogen-bond donors (Lipinski definition) is 1. The van der Waals surface area contributed by atoms with Crippen LogP contribution in [0.3, 0.4) is 0 Å². The van der Waals surface area contributed by atoms with E-state index in [-0.39, 0.29) is 23.9 Å². The van der Waals surface area contributed by atoms with E-state index in [0.29, 0.717) is 17.9 Å². The maximum atomic E-state index is 12.4. The van der Waals surface area contributed by atoms with Crippen LogP contribution in [0.4, 0.5) is 0 Å². The summed E-state index contributed by atoms with van der Waals surface area (Å²) in [5.41, 5.74) is 2.48. The molecule has 1 heterocycles. The number of nitrogens with zero attached hydrogens (tertiary/aromatic N) is 1. The number of carbonyl (C=O) groups is 2. The zero-order valence-electron chi connectivity index (χ0n) is 14.5. The molecule has 24 heavy (non-hydrogen) atoms. The molecule has 1 unspecified atom stereocenters. The lowest BCUT2D eigenvalue weighted by Crippen LogP contribution is -2.27. The van der Waals surface area contributed by atoms with E-state index in [4.69, 9.17) is 9.52 Å². The molecular formula is C19H23NO4. The molecule has 1 atom stereocenters. The summed E-state index contributed by atoms with van der Waals surface area (Å²) in [4.78, 5) is 25.1. The lowest BCUT2D eigenvalue weighted by molar-refractivity contribution is -0.131. The Hall–Kier alpha value is -2.56. The Morgan fingerprint density at radius 2 is 1.92 bits per heavy atom. The van der Waals surface area contributed by atoms with E-state index in [9.17, 15) is 9.59 Å². The van der Waals surface area contributed by atoms with Crippen LogP contribution in [0.25, 0.3) is 0 Å². The molecule has 0 aliphatic rings. The van der Waals surface area contributed by atoms with E-state index in [1.165, 1.54) is 17.2 Å². The smallest absolute Gasteiger partial charge is 0.339 e. The predicted molar refractivity (Wildman–Crippen MR) is 91.1 cm³/mol. The first-order valence-electron chi connectivity index (χ1n) is 7.91. The number of rotatable bonds is 6. The molecule has 0 aliphatic carbocycles. The van der Waals surface area contributed by atoms with Gasteiger partial charge in [0.15, 0.2) is 0 Å². The number of benzene rings is 1. The zero-order valence-corrected chi connectivity index (χ0v) is 14.5. The molecule has 0 bridgehead atoms. The average Bonchev–Trinajstić information content (AvgIpc) is 2.88. The van der Waals surface area contributed by atoms with Gasteiger partial charge in [-0.15, -0.1) is 0 Å². The first-order chi connectivity index (χ1) is 11.3. The van der Waals surface area contributed by atoms with Crippen molar-refractivity contribution in [1.82, 2.24) is 4.90 Å². The highest BCUT2D eigenvalue weighted by atomic mass is 16.4. The summed E-state index contributed by atoms with van der Waals surface area (Å²) in [7, 11) is 1.70. The molecule has 1 aromatic heterocycles. The second-order valence-corrected chi connectivity index (χ2v) is 6.20. The predicted octanol–water partition coefficient (Wildman–Crippen LogP) is 3.75. The molecule has 1 N–H and O–H groups in total. The number of aromatic carboxylic acids is 1. The molecule has 5 nitrogen and oxygen atoms in total. The summed E-state index contributed by atoms with van der Waals surface area (Å²) < 4.78 is 5.43. The molecule has 0 fully saturated rings. The van der Waals surface area contributed by atoms with Crippen molar-refractivity contribution in [3.63, 3.8) is 0 Å². The van der Waals surface area contributed by atoms with Gasteiger partial charge in [0.25, 0.3) is 0 Å². The van der Waals surface area contributed by atoms with Gasteiger partial charge in [0, 0.05) is 13.5 Å². The number of carboxylic acids is 1. The molecule has 1 amide bonds. The third-order valence-electron chi connectivity index (χ3n) is 4.22. The Morgan fingerprint density at radius 3 is 2.50 bits per heavy atom. The van der Waals surface area contributed by atoms with Crippen LogP contribution in [-0.4, -0.2) is 28.9 Å². The van der Waals surface area contributed by atoms with E-state index in [1.54, 1.807) is 18.9 Å². The Kier molecular flexibility index (Phi) is 5.44. The van der Waals surface area contributed by atoms with Gasteiger partial charge in [-0.25, -0.2) is 4.79 Å². The number of furan rings is 1. The first-order valence-corrected chi connectivity index (χ1v) is 7.91. The van der Waals surface area contributed by atoms with Gasteiger partial charge < -0.3 is 14.4 Å². The van der Waals surface area contributed by atoms with Gasteiger partial charge in [0.1, 0.15) is 17.1 Å². The van der Waals surface area contributed by atoms with Crippen LogP contribution in [0, 0.1) is 13.8 Å². The van der Waals surface area contributed by atoms with Gasteiger partial charge in [0.2, 0.25) is 5.91 Å². The zero-order chi connectivity index (χ0) is 17.9. The van der Waals surface area contributed by atoms with Gasteiger partial charge in [-0.1, -0.05) is 31.2 Å². The van der Waals surface area contributed by atoms with Crippen molar-refractivity contribution in [2.75, 3.05) is 7.05 Å². The van der Waals surface area contributed by atoms with E-state index in [1.807, 2.05) is 38.1 Å². The first kappa shape index (κ1) is 17.8. The molecule has 128 valence electrons. The Bertz CT molecular complexity index is 748. The van der Waals surface area contributed by atoms with Crippen molar-refractivity contribution < 1.29 is 19.1 Å². The standard InChI is InChI=1S/C19H23NO4/c1-12-7-5-6-8-16(12)13(2)9-18(21)20(4)11-15-10-17(19(22)23)14(3)24-15/h5-8,10,13H,9,11H2,1-4H3,(H,22,23). The average molecular weight is 329 g/mol. The van der Waals surface area contributed by atoms with E-state index in [0.717, 1.165) is 0 Å². The maximum Gasteiger partial charge on any atom is 0.339 e. The fourth-order valence-electron chi connectivity index (χ4n) is 2.82. The van der Waals surface area contributed by atoms with Crippen LogP contribution < -0.4 is 0 Å². The molecule has 2 aromatic rings. The highest BCUT2D eigenvalue weighted by Gasteiger charge is 2.19. The summed E-state index contributed by atoms with van der Waals surface area (Å²) in [5, 5.41) is 9.05. The van der Waals surface area contributed by atoms with Crippen molar-refractivity contribution in [3.05, 3.63) is 58.5 Å². The van der Waals surface area contributed by atoms with Gasteiger partial charge in [-0.2, -0.15) is 0 Å². The highest BCUT2D eigenvalue weighted by molar-refractivity contribution is 5.88. The topological polar surface area (TPSA) is 70.8 Å². The van der Waals surface area contributed by atoms with E-state index in [2.05, 4.69) is 0 Å². The summed E-state index contributed by atoms with van der Waals surface area (Å²) in [6, 6.07) is 9.53. The largest absolute Gasteiger partial charge is 0.478 e. The van der Waals surface area contributed by atoms with Crippen molar-refractivity contribution in [2.45, 2.75) is 39.7 Å². The van der Waals surface area contributed by atoms with Crippen molar-refractivity contribution in [2.24, 2.45) is 0 Å². The second kappa shape index (κ2) is 7.34.